The lowest BCUT2D eigenvalue weighted by Gasteiger charge is -2.16. The molecule has 3 heterocycles. The fraction of sp³-hybridized carbons (Fsp3) is 0.267. The van der Waals surface area contributed by atoms with Crippen molar-refractivity contribution in [3.63, 3.8) is 0 Å². The van der Waals surface area contributed by atoms with E-state index in [9.17, 15) is 4.79 Å². The zero-order valence-corrected chi connectivity index (χ0v) is 12.3. The van der Waals surface area contributed by atoms with Gasteiger partial charge in [-0.05, 0) is 19.1 Å². The lowest BCUT2D eigenvalue weighted by molar-refractivity contribution is 0.0784. The van der Waals surface area contributed by atoms with Crippen LogP contribution in [0.15, 0.2) is 36.9 Å². The third kappa shape index (κ3) is 2.52. The SMILES string of the molecule is Cc1nn(C)cc1CN(C)C(=O)c1ccc2nccn2c1. The van der Waals surface area contributed by atoms with Crippen molar-refractivity contribution < 1.29 is 4.79 Å². The standard InChI is InChI=1S/C15H17N5O/c1-11-13(9-19(3)17-11)8-18(2)15(21)12-4-5-14-16-6-7-20(14)10-12/h4-7,9-10H,8H2,1-3H3. The second-order valence-corrected chi connectivity index (χ2v) is 5.19. The highest BCUT2D eigenvalue weighted by molar-refractivity contribution is 5.94. The summed E-state index contributed by atoms with van der Waals surface area (Å²) >= 11 is 0. The molecular weight excluding hydrogens is 266 g/mol. The molecule has 0 aliphatic rings. The second kappa shape index (κ2) is 5.05. The molecule has 0 aliphatic carbocycles. The minimum Gasteiger partial charge on any atom is -0.337 e. The number of nitrogens with zero attached hydrogens (tertiary/aromatic N) is 5. The summed E-state index contributed by atoms with van der Waals surface area (Å²) < 4.78 is 3.61. The quantitative estimate of drug-likeness (QED) is 0.734. The van der Waals surface area contributed by atoms with E-state index in [0.29, 0.717) is 12.1 Å². The molecule has 0 fully saturated rings. The molecule has 0 saturated carbocycles. The van der Waals surface area contributed by atoms with Crippen LogP contribution in [0.4, 0.5) is 0 Å². The van der Waals surface area contributed by atoms with Crippen LogP contribution in [0.25, 0.3) is 5.65 Å². The highest BCUT2D eigenvalue weighted by Gasteiger charge is 2.15. The highest BCUT2D eigenvalue weighted by Crippen LogP contribution is 2.12. The highest BCUT2D eigenvalue weighted by atomic mass is 16.2. The number of carbonyl (C=O) groups is 1. The summed E-state index contributed by atoms with van der Waals surface area (Å²) in [7, 11) is 3.68. The number of hydrogen-bond donors (Lipinski definition) is 0. The maximum absolute atomic E-state index is 12.5. The average molecular weight is 283 g/mol. The molecule has 6 nitrogen and oxygen atoms in total. The molecular formula is C15H17N5O. The molecule has 6 heteroatoms. The van der Waals surface area contributed by atoms with E-state index in [1.165, 1.54) is 0 Å². The molecule has 108 valence electrons. The Labute approximate surface area is 122 Å². The molecule has 0 aliphatic heterocycles. The van der Waals surface area contributed by atoms with Gasteiger partial charge in [0.05, 0.1) is 11.3 Å². The molecule has 0 N–H and O–H groups in total. The Kier molecular flexibility index (Phi) is 3.21. The number of aromatic nitrogens is 4. The van der Waals surface area contributed by atoms with Crippen LogP contribution in [0.5, 0.6) is 0 Å². The van der Waals surface area contributed by atoms with Crippen LogP contribution in [-0.2, 0) is 13.6 Å². The van der Waals surface area contributed by atoms with Crippen LogP contribution in [-0.4, -0.2) is 37.0 Å². The van der Waals surface area contributed by atoms with Gasteiger partial charge in [0, 0.05) is 51.0 Å². The maximum atomic E-state index is 12.5. The largest absolute Gasteiger partial charge is 0.337 e. The van der Waals surface area contributed by atoms with Crippen molar-refractivity contribution in [2.45, 2.75) is 13.5 Å². The van der Waals surface area contributed by atoms with Gasteiger partial charge in [-0.15, -0.1) is 0 Å². The number of rotatable bonds is 3. The summed E-state index contributed by atoms with van der Waals surface area (Å²) in [6.07, 6.45) is 7.29. The van der Waals surface area contributed by atoms with Crippen molar-refractivity contribution >= 4 is 11.6 Å². The Morgan fingerprint density at radius 1 is 1.33 bits per heavy atom. The van der Waals surface area contributed by atoms with Gasteiger partial charge in [0.2, 0.25) is 0 Å². The predicted octanol–water partition coefficient (Wildman–Crippen LogP) is 1.65. The zero-order valence-electron chi connectivity index (χ0n) is 12.3. The van der Waals surface area contributed by atoms with E-state index < -0.39 is 0 Å². The Morgan fingerprint density at radius 2 is 2.14 bits per heavy atom. The van der Waals surface area contributed by atoms with Crippen molar-refractivity contribution in [2.24, 2.45) is 7.05 Å². The molecule has 3 aromatic heterocycles. The number of hydrogen-bond acceptors (Lipinski definition) is 3. The van der Waals surface area contributed by atoms with Gasteiger partial charge in [-0.2, -0.15) is 5.10 Å². The first-order valence-electron chi connectivity index (χ1n) is 6.72. The summed E-state index contributed by atoms with van der Waals surface area (Å²) in [5.41, 5.74) is 3.47. The lowest BCUT2D eigenvalue weighted by atomic mass is 10.2. The van der Waals surface area contributed by atoms with Crippen molar-refractivity contribution in [1.82, 2.24) is 24.1 Å². The van der Waals surface area contributed by atoms with Crippen molar-refractivity contribution in [2.75, 3.05) is 7.05 Å². The van der Waals surface area contributed by atoms with Gasteiger partial charge in [-0.3, -0.25) is 9.48 Å². The minimum atomic E-state index is -0.0196. The molecule has 0 radical (unpaired) electrons. The van der Waals surface area contributed by atoms with Gasteiger partial charge >= 0.3 is 0 Å². The van der Waals surface area contributed by atoms with Crippen molar-refractivity contribution in [1.29, 1.82) is 0 Å². The summed E-state index contributed by atoms with van der Waals surface area (Å²) in [4.78, 5) is 18.4. The summed E-state index contributed by atoms with van der Waals surface area (Å²) in [6.45, 7) is 2.49. The number of carbonyl (C=O) groups excluding carboxylic acids is 1. The van der Waals surface area contributed by atoms with Crippen molar-refractivity contribution in [3.05, 3.63) is 53.7 Å². The number of amides is 1. The van der Waals surface area contributed by atoms with E-state index in [1.54, 1.807) is 35.1 Å². The van der Waals surface area contributed by atoms with Gasteiger partial charge in [0.25, 0.3) is 5.91 Å². The predicted molar refractivity (Wildman–Crippen MR) is 78.9 cm³/mol. The number of imidazole rings is 1. The number of aryl methyl sites for hydroxylation is 2. The normalized spacial score (nSPS) is 11.0. The van der Waals surface area contributed by atoms with E-state index in [1.807, 2.05) is 36.8 Å². The Balaban J connectivity index is 1.81. The number of fused-ring (bicyclic) bond motifs is 1. The van der Waals surface area contributed by atoms with Crippen LogP contribution in [0.2, 0.25) is 0 Å². The first-order chi connectivity index (χ1) is 10.0. The summed E-state index contributed by atoms with van der Waals surface area (Å²) in [5.74, 6) is -0.0196. The van der Waals surface area contributed by atoms with E-state index in [4.69, 9.17) is 0 Å². The van der Waals surface area contributed by atoms with Crippen LogP contribution >= 0.6 is 0 Å². The summed E-state index contributed by atoms with van der Waals surface area (Å²) in [5, 5.41) is 4.30. The molecule has 0 atom stereocenters. The fourth-order valence-electron chi connectivity index (χ4n) is 2.40. The Bertz CT molecular complexity index is 801. The third-order valence-corrected chi connectivity index (χ3v) is 3.51. The molecule has 1 amide bonds. The van der Waals surface area contributed by atoms with E-state index >= 15 is 0 Å². The Hall–Kier alpha value is -2.63. The van der Waals surface area contributed by atoms with E-state index in [0.717, 1.165) is 16.9 Å². The molecule has 21 heavy (non-hydrogen) atoms. The minimum absolute atomic E-state index is 0.0196. The fourth-order valence-corrected chi connectivity index (χ4v) is 2.40. The van der Waals surface area contributed by atoms with Gasteiger partial charge in [0.1, 0.15) is 5.65 Å². The zero-order chi connectivity index (χ0) is 15.0. The molecule has 0 saturated heterocycles. The van der Waals surface area contributed by atoms with Gasteiger partial charge in [0.15, 0.2) is 0 Å². The molecule has 3 aromatic rings. The first-order valence-corrected chi connectivity index (χ1v) is 6.72. The topological polar surface area (TPSA) is 55.4 Å². The molecule has 0 aromatic carbocycles. The van der Waals surface area contributed by atoms with Crippen molar-refractivity contribution in [3.8, 4) is 0 Å². The molecule has 0 unspecified atom stereocenters. The lowest BCUT2D eigenvalue weighted by Crippen LogP contribution is -2.26. The first kappa shape index (κ1) is 13.4. The van der Waals surface area contributed by atoms with Crippen LogP contribution in [0.1, 0.15) is 21.6 Å². The average Bonchev–Trinajstić information content (AvgIpc) is 3.03. The second-order valence-electron chi connectivity index (χ2n) is 5.19. The van der Waals surface area contributed by atoms with Crippen LogP contribution < -0.4 is 0 Å². The third-order valence-electron chi connectivity index (χ3n) is 3.51. The number of pyridine rings is 1. The summed E-state index contributed by atoms with van der Waals surface area (Å²) in [6, 6.07) is 3.65. The van der Waals surface area contributed by atoms with Crippen LogP contribution in [0.3, 0.4) is 0 Å². The van der Waals surface area contributed by atoms with E-state index in [2.05, 4.69) is 10.1 Å². The Morgan fingerprint density at radius 3 is 2.86 bits per heavy atom. The van der Waals surface area contributed by atoms with Gasteiger partial charge in [-0.1, -0.05) is 0 Å². The van der Waals surface area contributed by atoms with E-state index in [-0.39, 0.29) is 5.91 Å². The molecule has 0 bridgehead atoms. The van der Waals surface area contributed by atoms with Crippen LogP contribution in [0, 0.1) is 6.92 Å². The van der Waals surface area contributed by atoms with Gasteiger partial charge < -0.3 is 9.30 Å². The van der Waals surface area contributed by atoms with Gasteiger partial charge in [-0.25, -0.2) is 4.98 Å². The molecule has 0 spiro atoms. The monoisotopic (exact) mass is 283 g/mol. The molecule has 3 rings (SSSR count). The smallest absolute Gasteiger partial charge is 0.255 e. The maximum Gasteiger partial charge on any atom is 0.255 e.